The van der Waals surface area contributed by atoms with E-state index in [1.807, 2.05) is 19.9 Å². The van der Waals surface area contributed by atoms with E-state index in [1.165, 1.54) is 12.8 Å². The summed E-state index contributed by atoms with van der Waals surface area (Å²) in [5.74, 6) is 0.491. The molecule has 2 rings (SSSR count). The summed E-state index contributed by atoms with van der Waals surface area (Å²) in [7, 11) is 2.11. The molecule has 1 fully saturated rings. The summed E-state index contributed by atoms with van der Waals surface area (Å²) in [5, 5.41) is 7.63. The van der Waals surface area contributed by atoms with E-state index in [1.54, 1.807) is 0 Å². The Morgan fingerprint density at radius 3 is 2.79 bits per heavy atom. The minimum atomic E-state index is 0.00977. The maximum absolute atomic E-state index is 7.63. The Balaban J connectivity index is 2.03. The largest absolute Gasteiger partial charge is 0.476 e. The van der Waals surface area contributed by atoms with Crippen LogP contribution < -0.4 is 10.5 Å². The predicted molar refractivity (Wildman–Crippen MR) is 75.9 cm³/mol. The number of pyridine rings is 1. The molecule has 104 valence electrons. The second-order valence-electron chi connectivity index (χ2n) is 5.23. The number of nitrogens with two attached hydrogens (primary N) is 1. The first-order valence-electron chi connectivity index (χ1n) is 6.64. The highest BCUT2D eigenvalue weighted by Gasteiger charge is 2.25. The van der Waals surface area contributed by atoms with Gasteiger partial charge < -0.3 is 15.4 Å². The Hall–Kier alpha value is -1.62. The van der Waals surface area contributed by atoms with E-state index in [2.05, 4.69) is 16.9 Å². The van der Waals surface area contributed by atoms with E-state index in [4.69, 9.17) is 15.9 Å². The van der Waals surface area contributed by atoms with Crippen LogP contribution in [0.2, 0.25) is 0 Å². The molecule has 1 heterocycles. The number of ether oxygens (including phenoxy) is 1. The molecule has 1 saturated carbocycles. The normalized spacial score (nSPS) is 14.7. The van der Waals surface area contributed by atoms with Gasteiger partial charge in [-0.1, -0.05) is 0 Å². The standard InChI is InChI=1S/C14H22N4O/c1-9-8-10(2)17-14(12(9)13(15)16)19-7-6-18(3)11-4-5-11/h8,11H,4-7H2,1-3H3,(H3,15,16). The molecule has 1 aromatic rings. The monoisotopic (exact) mass is 262 g/mol. The van der Waals surface area contributed by atoms with Gasteiger partial charge in [-0.05, 0) is 45.4 Å². The van der Waals surface area contributed by atoms with Crippen molar-refractivity contribution in [3.8, 4) is 5.88 Å². The quantitative estimate of drug-likeness (QED) is 0.601. The number of aryl methyl sites for hydroxylation is 2. The van der Waals surface area contributed by atoms with Crippen molar-refractivity contribution in [3.63, 3.8) is 0 Å². The number of hydrogen-bond donors (Lipinski definition) is 2. The van der Waals surface area contributed by atoms with Gasteiger partial charge in [-0.2, -0.15) is 0 Å². The molecule has 0 atom stereocenters. The van der Waals surface area contributed by atoms with Gasteiger partial charge in [-0.15, -0.1) is 0 Å². The fourth-order valence-electron chi connectivity index (χ4n) is 2.22. The molecule has 5 nitrogen and oxygen atoms in total. The van der Waals surface area contributed by atoms with E-state index < -0.39 is 0 Å². The molecule has 0 saturated heterocycles. The van der Waals surface area contributed by atoms with Crippen LogP contribution in [0.3, 0.4) is 0 Å². The number of rotatable bonds is 6. The topological polar surface area (TPSA) is 75.2 Å². The number of amidine groups is 1. The molecule has 5 heteroatoms. The first-order chi connectivity index (χ1) is 8.99. The minimum Gasteiger partial charge on any atom is -0.476 e. The molecule has 19 heavy (non-hydrogen) atoms. The zero-order valence-corrected chi connectivity index (χ0v) is 11.9. The smallest absolute Gasteiger partial charge is 0.225 e. The summed E-state index contributed by atoms with van der Waals surface area (Å²) in [5.41, 5.74) is 8.04. The van der Waals surface area contributed by atoms with Crippen LogP contribution >= 0.6 is 0 Å². The summed E-state index contributed by atoms with van der Waals surface area (Å²) in [6, 6.07) is 2.64. The third-order valence-electron chi connectivity index (χ3n) is 3.43. The van der Waals surface area contributed by atoms with Gasteiger partial charge in [0.15, 0.2) is 0 Å². The van der Waals surface area contributed by atoms with E-state index in [0.29, 0.717) is 18.1 Å². The Labute approximate surface area is 114 Å². The SMILES string of the molecule is Cc1cc(C)c(C(=N)N)c(OCCN(C)C2CC2)n1. The molecule has 0 amide bonds. The number of aromatic nitrogens is 1. The van der Waals surface area contributed by atoms with Crippen LogP contribution in [0.5, 0.6) is 5.88 Å². The average Bonchev–Trinajstić information content (AvgIpc) is 3.10. The number of nitrogens with one attached hydrogen (secondary N) is 1. The number of hydrogen-bond acceptors (Lipinski definition) is 4. The second kappa shape index (κ2) is 5.57. The van der Waals surface area contributed by atoms with Crippen molar-refractivity contribution in [1.82, 2.24) is 9.88 Å². The molecular weight excluding hydrogens is 240 g/mol. The summed E-state index contributed by atoms with van der Waals surface area (Å²) in [6.45, 7) is 5.29. The van der Waals surface area contributed by atoms with Crippen LogP contribution in [0.25, 0.3) is 0 Å². The first kappa shape index (κ1) is 13.8. The lowest BCUT2D eigenvalue weighted by Gasteiger charge is -2.17. The number of nitrogen functional groups attached to an aromatic ring is 1. The molecule has 0 radical (unpaired) electrons. The highest BCUT2D eigenvalue weighted by molar-refractivity contribution is 5.98. The van der Waals surface area contributed by atoms with Crippen molar-refractivity contribution >= 4 is 5.84 Å². The van der Waals surface area contributed by atoms with Gasteiger partial charge in [-0.25, -0.2) is 4.98 Å². The first-order valence-corrected chi connectivity index (χ1v) is 6.64. The fraction of sp³-hybridized carbons (Fsp3) is 0.571. The molecular formula is C14H22N4O. The van der Waals surface area contributed by atoms with Crippen molar-refractivity contribution in [1.29, 1.82) is 5.41 Å². The molecule has 0 bridgehead atoms. The highest BCUT2D eigenvalue weighted by Crippen LogP contribution is 2.25. The van der Waals surface area contributed by atoms with Gasteiger partial charge in [0.05, 0.1) is 5.56 Å². The molecule has 1 aliphatic carbocycles. The molecule has 0 unspecified atom stereocenters. The average molecular weight is 262 g/mol. The molecule has 1 aromatic heterocycles. The van der Waals surface area contributed by atoms with E-state index in [9.17, 15) is 0 Å². The van der Waals surface area contributed by atoms with Gasteiger partial charge >= 0.3 is 0 Å². The second-order valence-corrected chi connectivity index (χ2v) is 5.23. The third kappa shape index (κ3) is 3.44. The van der Waals surface area contributed by atoms with Crippen molar-refractivity contribution in [2.24, 2.45) is 5.73 Å². The molecule has 3 N–H and O–H groups in total. The Morgan fingerprint density at radius 2 is 2.21 bits per heavy atom. The van der Waals surface area contributed by atoms with Crippen LogP contribution in [-0.2, 0) is 0 Å². The van der Waals surface area contributed by atoms with Gasteiger partial charge in [0.2, 0.25) is 5.88 Å². The highest BCUT2D eigenvalue weighted by atomic mass is 16.5. The zero-order chi connectivity index (χ0) is 14.0. The lowest BCUT2D eigenvalue weighted by molar-refractivity contribution is 0.226. The van der Waals surface area contributed by atoms with Gasteiger partial charge in [-0.3, -0.25) is 5.41 Å². The van der Waals surface area contributed by atoms with Crippen molar-refractivity contribution in [3.05, 3.63) is 22.9 Å². The maximum Gasteiger partial charge on any atom is 0.225 e. The summed E-state index contributed by atoms with van der Waals surface area (Å²) >= 11 is 0. The maximum atomic E-state index is 7.63. The van der Waals surface area contributed by atoms with Crippen LogP contribution in [-0.4, -0.2) is 42.0 Å². The lowest BCUT2D eigenvalue weighted by atomic mass is 10.1. The van der Waals surface area contributed by atoms with Crippen LogP contribution in [0.4, 0.5) is 0 Å². The van der Waals surface area contributed by atoms with Gasteiger partial charge in [0.25, 0.3) is 0 Å². The van der Waals surface area contributed by atoms with Crippen LogP contribution in [0, 0.1) is 19.3 Å². The number of nitrogens with zero attached hydrogens (tertiary/aromatic N) is 2. The lowest BCUT2D eigenvalue weighted by Crippen LogP contribution is -2.27. The Morgan fingerprint density at radius 1 is 1.53 bits per heavy atom. The number of likely N-dealkylation sites (N-methyl/N-ethyl adjacent to an activating group) is 1. The summed E-state index contributed by atoms with van der Waals surface area (Å²) in [4.78, 5) is 6.65. The van der Waals surface area contributed by atoms with Crippen LogP contribution in [0.1, 0.15) is 29.7 Å². The molecule has 0 spiro atoms. The zero-order valence-electron chi connectivity index (χ0n) is 11.9. The summed E-state index contributed by atoms with van der Waals surface area (Å²) in [6.07, 6.45) is 2.58. The van der Waals surface area contributed by atoms with Gasteiger partial charge in [0, 0.05) is 18.3 Å². The fourth-order valence-corrected chi connectivity index (χ4v) is 2.22. The van der Waals surface area contributed by atoms with E-state index in [-0.39, 0.29) is 5.84 Å². The minimum absolute atomic E-state index is 0.00977. The predicted octanol–water partition coefficient (Wildman–Crippen LogP) is 1.46. The molecule has 0 aliphatic heterocycles. The van der Waals surface area contributed by atoms with Crippen molar-refractivity contribution in [2.45, 2.75) is 32.7 Å². The van der Waals surface area contributed by atoms with Crippen molar-refractivity contribution in [2.75, 3.05) is 20.2 Å². The van der Waals surface area contributed by atoms with Gasteiger partial charge in [0.1, 0.15) is 12.4 Å². The van der Waals surface area contributed by atoms with Crippen molar-refractivity contribution < 1.29 is 4.74 Å². The summed E-state index contributed by atoms with van der Waals surface area (Å²) < 4.78 is 5.74. The Kier molecular flexibility index (Phi) is 4.04. The van der Waals surface area contributed by atoms with Crippen LogP contribution in [0.15, 0.2) is 6.07 Å². The van der Waals surface area contributed by atoms with E-state index in [0.717, 1.165) is 23.8 Å². The van der Waals surface area contributed by atoms with E-state index >= 15 is 0 Å². The third-order valence-corrected chi connectivity index (χ3v) is 3.43. The molecule has 0 aromatic carbocycles. The molecule has 1 aliphatic rings. The Bertz CT molecular complexity index is 483.